The number of nitrogens with zero attached hydrogens (tertiary/aromatic N) is 1. The van der Waals surface area contributed by atoms with E-state index < -0.39 is 0 Å². The lowest BCUT2D eigenvalue weighted by Gasteiger charge is -2.27. The molecule has 55 heavy (non-hydrogen) atoms. The molecule has 10 rings (SSSR count). The molecule has 0 aliphatic carbocycles. The molecule has 0 saturated carbocycles. The summed E-state index contributed by atoms with van der Waals surface area (Å²) in [4.78, 5) is 2.39. The van der Waals surface area contributed by atoms with Crippen LogP contribution in [0.25, 0.3) is 76.8 Å². The molecule has 0 saturated heterocycles. The van der Waals surface area contributed by atoms with Crippen LogP contribution in [0.5, 0.6) is 0 Å². The molecule has 0 amide bonds. The standard InChI is InChI=1S/C54H37N/c1-3-13-38(14-4-1)40-25-27-41(28-26-40)42-29-32-46(33-30-42)55(47-20-11-18-44(35-47)39-15-5-2-6-16-39)48-21-12-19-45(36-48)53-37-54-49-22-8-7-17-43(49)31-34-52(54)50-23-9-10-24-51(50)53/h1-37H. The van der Waals surface area contributed by atoms with Crippen LogP contribution in [0.4, 0.5) is 17.1 Å². The lowest BCUT2D eigenvalue weighted by atomic mass is 9.91. The van der Waals surface area contributed by atoms with Crippen molar-refractivity contribution in [2.45, 2.75) is 0 Å². The highest BCUT2D eigenvalue weighted by molar-refractivity contribution is 6.21. The highest BCUT2D eigenvalue weighted by atomic mass is 15.1. The first-order valence-corrected chi connectivity index (χ1v) is 18.9. The Morgan fingerprint density at radius 3 is 1.33 bits per heavy atom. The predicted octanol–water partition coefficient (Wildman–Crippen LogP) is 15.3. The van der Waals surface area contributed by atoms with Gasteiger partial charge in [-0.3, -0.25) is 0 Å². The molecular formula is C54H37N. The van der Waals surface area contributed by atoms with Crippen molar-refractivity contribution >= 4 is 49.4 Å². The molecule has 0 radical (unpaired) electrons. The molecule has 0 atom stereocenters. The molecule has 0 bridgehead atoms. The second-order valence-corrected chi connectivity index (χ2v) is 14.1. The second-order valence-electron chi connectivity index (χ2n) is 14.1. The summed E-state index contributed by atoms with van der Waals surface area (Å²) in [5.41, 5.74) is 12.9. The van der Waals surface area contributed by atoms with Crippen molar-refractivity contribution in [1.82, 2.24) is 0 Å². The van der Waals surface area contributed by atoms with Gasteiger partial charge < -0.3 is 4.90 Å². The van der Waals surface area contributed by atoms with Gasteiger partial charge in [0.2, 0.25) is 0 Å². The first-order chi connectivity index (χ1) is 27.3. The third-order valence-corrected chi connectivity index (χ3v) is 10.8. The Labute approximate surface area is 322 Å². The van der Waals surface area contributed by atoms with Crippen LogP contribution in [0, 0.1) is 0 Å². The van der Waals surface area contributed by atoms with Crippen molar-refractivity contribution in [2.75, 3.05) is 4.90 Å². The minimum atomic E-state index is 1.10. The van der Waals surface area contributed by atoms with Crippen LogP contribution in [-0.4, -0.2) is 0 Å². The second kappa shape index (κ2) is 14.0. The molecule has 0 aliphatic heterocycles. The lowest BCUT2D eigenvalue weighted by Crippen LogP contribution is -2.10. The van der Waals surface area contributed by atoms with Crippen LogP contribution < -0.4 is 4.90 Å². The maximum atomic E-state index is 2.40. The van der Waals surface area contributed by atoms with Gasteiger partial charge in [-0.15, -0.1) is 0 Å². The van der Waals surface area contributed by atoms with Crippen molar-refractivity contribution in [3.05, 3.63) is 224 Å². The Morgan fingerprint density at radius 1 is 0.218 bits per heavy atom. The quantitative estimate of drug-likeness (QED) is 0.150. The number of hydrogen-bond donors (Lipinski definition) is 0. The minimum absolute atomic E-state index is 1.10. The monoisotopic (exact) mass is 699 g/mol. The van der Waals surface area contributed by atoms with Gasteiger partial charge in [0.05, 0.1) is 0 Å². The maximum Gasteiger partial charge on any atom is 0.0467 e. The highest BCUT2D eigenvalue weighted by Gasteiger charge is 2.17. The van der Waals surface area contributed by atoms with E-state index in [1.807, 2.05) is 0 Å². The highest BCUT2D eigenvalue weighted by Crippen LogP contribution is 2.42. The minimum Gasteiger partial charge on any atom is -0.310 e. The maximum absolute atomic E-state index is 2.40. The zero-order chi connectivity index (χ0) is 36.6. The van der Waals surface area contributed by atoms with Crippen molar-refractivity contribution in [2.24, 2.45) is 0 Å². The summed E-state index contributed by atoms with van der Waals surface area (Å²) in [7, 11) is 0. The van der Waals surface area contributed by atoms with Gasteiger partial charge in [0.15, 0.2) is 0 Å². The number of rotatable bonds is 7. The first kappa shape index (κ1) is 32.4. The Hall–Kier alpha value is -7.22. The fourth-order valence-electron chi connectivity index (χ4n) is 8.10. The Morgan fingerprint density at radius 2 is 0.673 bits per heavy atom. The lowest BCUT2D eigenvalue weighted by molar-refractivity contribution is 1.28. The summed E-state index contributed by atoms with van der Waals surface area (Å²) in [5.74, 6) is 0. The van der Waals surface area contributed by atoms with Crippen molar-refractivity contribution in [1.29, 1.82) is 0 Å². The number of hydrogen-bond acceptors (Lipinski definition) is 1. The van der Waals surface area contributed by atoms with E-state index in [-0.39, 0.29) is 0 Å². The van der Waals surface area contributed by atoms with Gasteiger partial charge in [0.1, 0.15) is 0 Å². The average molecular weight is 700 g/mol. The van der Waals surface area contributed by atoms with E-state index in [0.717, 1.165) is 17.1 Å². The normalized spacial score (nSPS) is 11.3. The van der Waals surface area contributed by atoms with E-state index in [9.17, 15) is 0 Å². The van der Waals surface area contributed by atoms with Crippen molar-refractivity contribution in [3.8, 4) is 44.5 Å². The third kappa shape index (κ3) is 6.12. The summed E-state index contributed by atoms with van der Waals surface area (Å²) >= 11 is 0. The zero-order valence-electron chi connectivity index (χ0n) is 30.3. The predicted molar refractivity (Wildman–Crippen MR) is 235 cm³/mol. The van der Waals surface area contributed by atoms with Crippen LogP contribution in [0.1, 0.15) is 0 Å². The number of benzene rings is 10. The van der Waals surface area contributed by atoms with Crippen LogP contribution in [0.15, 0.2) is 224 Å². The molecular weight excluding hydrogens is 663 g/mol. The molecule has 1 nitrogen and oxygen atoms in total. The van der Waals surface area contributed by atoms with E-state index in [4.69, 9.17) is 0 Å². The number of anilines is 3. The van der Waals surface area contributed by atoms with Crippen LogP contribution >= 0.6 is 0 Å². The van der Waals surface area contributed by atoms with E-state index >= 15 is 0 Å². The van der Waals surface area contributed by atoms with Gasteiger partial charge >= 0.3 is 0 Å². The summed E-state index contributed by atoms with van der Waals surface area (Å²) in [6.45, 7) is 0. The van der Waals surface area contributed by atoms with Crippen LogP contribution in [0.2, 0.25) is 0 Å². The fourth-order valence-corrected chi connectivity index (χ4v) is 8.10. The van der Waals surface area contributed by atoms with E-state index in [1.165, 1.54) is 76.8 Å². The topological polar surface area (TPSA) is 3.24 Å². The molecule has 10 aromatic rings. The molecule has 0 spiro atoms. The first-order valence-electron chi connectivity index (χ1n) is 18.9. The van der Waals surface area contributed by atoms with E-state index in [2.05, 4.69) is 229 Å². The molecule has 0 unspecified atom stereocenters. The van der Waals surface area contributed by atoms with Gasteiger partial charge in [-0.2, -0.15) is 0 Å². The van der Waals surface area contributed by atoms with Gasteiger partial charge in [-0.25, -0.2) is 0 Å². The van der Waals surface area contributed by atoms with Gasteiger partial charge in [0.25, 0.3) is 0 Å². The summed E-state index contributed by atoms with van der Waals surface area (Å²) in [5, 5.41) is 7.61. The smallest absolute Gasteiger partial charge is 0.0467 e. The summed E-state index contributed by atoms with van der Waals surface area (Å²) < 4.78 is 0. The number of fused-ring (bicyclic) bond motifs is 5. The Balaban J connectivity index is 1.10. The van der Waals surface area contributed by atoms with Gasteiger partial charge in [-0.1, -0.05) is 182 Å². The molecule has 10 aromatic carbocycles. The van der Waals surface area contributed by atoms with E-state index in [0.29, 0.717) is 0 Å². The molecule has 0 aliphatic rings. The SMILES string of the molecule is c1ccc(-c2ccc(-c3ccc(N(c4cccc(-c5ccccc5)c4)c4cccc(-c5cc6c7ccccc7ccc6c6ccccc56)c4)cc3)cc2)cc1. The van der Waals surface area contributed by atoms with Gasteiger partial charge in [0, 0.05) is 17.1 Å². The summed E-state index contributed by atoms with van der Waals surface area (Å²) in [6, 6.07) is 81.4. The summed E-state index contributed by atoms with van der Waals surface area (Å²) in [6.07, 6.45) is 0. The average Bonchev–Trinajstić information content (AvgIpc) is 3.27. The van der Waals surface area contributed by atoms with Crippen LogP contribution in [-0.2, 0) is 0 Å². The fraction of sp³-hybridized carbons (Fsp3) is 0. The van der Waals surface area contributed by atoms with Crippen molar-refractivity contribution < 1.29 is 0 Å². The van der Waals surface area contributed by atoms with E-state index in [1.54, 1.807) is 0 Å². The molecule has 258 valence electrons. The molecule has 0 heterocycles. The van der Waals surface area contributed by atoms with Crippen molar-refractivity contribution in [3.63, 3.8) is 0 Å². The largest absolute Gasteiger partial charge is 0.310 e. The molecule has 0 N–H and O–H groups in total. The molecule has 0 aromatic heterocycles. The zero-order valence-corrected chi connectivity index (χ0v) is 30.3. The van der Waals surface area contributed by atoms with Crippen LogP contribution in [0.3, 0.4) is 0 Å². The third-order valence-electron chi connectivity index (χ3n) is 10.8. The van der Waals surface area contributed by atoms with Gasteiger partial charge in [-0.05, 0) is 119 Å². The Bertz CT molecular complexity index is 2950. The molecule has 1 heteroatoms. The molecule has 0 fully saturated rings. The Kier molecular flexibility index (Phi) is 8.24.